The summed E-state index contributed by atoms with van der Waals surface area (Å²) in [6.07, 6.45) is 0. The van der Waals surface area contributed by atoms with Gasteiger partial charge in [0.15, 0.2) is 0 Å². The fourth-order valence-electron chi connectivity index (χ4n) is 1.05. The molecule has 0 aliphatic rings. The van der Waals surface area contributed by atoms with Crippen molar-refractivity contribution in [3.63, 3.8) is 0 Å². The molecule has 0 heterocycles. The van der Waals surface area contributed by atoms with Gasteiger partial charge < -0.3 is 20.6 Å². The van der Waals surface area contributed by atoms with Crippen molar-refractivity contribution in [2.24, 2.45) is 0 Å². The molecule has 92 valence electrons. The lowest BCUT2D eigenvalue weighted by molar-refractivity contribution is -0.137. The normalized spacial score (nSPS) is 11.4. The van der Waals surface area contributed by atoms with Crippen molar-refractivity contribution < 1.29 is 19.5 Å². The highest BCUT2D eigenvalue weighted by Crippen LogP contribution is 1.91. The third-order valence-corrected chi connectivity index (χ3v) is 1.97. The summed E-state index contributed by atoms with van der Waals surface area (Å²) in [6.45, 7) is 3.06. The van der Waals surface area contributed by atoms with Crippen molar-refractivity contribution >= 4 is 17.9 Å². The number of rotatable bonds is 5. The molecule has 0 aliphatic heterocycles. The lowest BCUT2D eigenvalue weighted by Gasteiger charge is -2.21. The van der Waals surface area contributed by atoms with Crippen molar-refractivity contribution in [3.05, 3.63) is 0 Å². The second kappa shape index (κ2) is 6.65. The number of aliphatic carboxylic acids is 1. The van der Waals surface area contributed by atoms with E-state index in [4.69, 9.17) is 5.11 Å². The standard InChI is InChI=1S/C9H17N3O4/c1-4-12(5-7(13)14)9(16)11-6(2)8(15)10-3/h6H,4-5H2,1-3H3,(H,10,15)(H,11,16)(H,13,14). The van der Waals surface area contributed by atoms with Crippen LogP contribution in [0.15, 0.2) is 0 Å². The smallest absolute Gasteiger partial charge is 0.323 e. The van der Waals surface area contributed by atoms with Crippen molar-refractivity contribution in [2.45, 2.75) is 19.9 Å². The van der Waals surface area contributed by atoms with Crippen LogP contribution >= 0.6 is 0 Å². The molecule has 0 aromatic heterocycles. The number of amides is 3. The SMILES string of the molecule is CCN(CC(=O)O)C(=O)NC(C)C(=O)NC. The molecule has 0 fully saturated rings. The van der Waals surface area contributed by atoms with Crippen LogP contribution in [0.2, 0.25) is 0 Å². The Labute approximate surface area is 93.8 Å². The highest BCUT2D eigenvalue weighted by molar-refractivity contribution is 5.87. The summed E-state index contributed by atoms with van der Waals surface area (Å²) in [4.78, 5) is 34.2. The summed E-state index contributed by atoms with van der Waals surface area (Å²) in [5, 5.41) is 13.3. The maximum atomic E-state index is 11.5. The van der Waals surface area contributed by atoms with Crippen LogP contribution < -0.4 is 10.6 Å². The van der Waals surface area contributed by atoms with Crippen molar-refractivity contribution in [1.82, 2.24) is 15.5 Å². The van der Waals surface area contributed by atoms with Crippen LogP contribution in [-0.4, -0.2) is 54.1 Å². The first-order valence-corrected chi connectivity index (χ1v) is 4.91. The minimum atomic E-state index is -1.09. The summed E-state index contributed by atoms with van der Waals surface area (Å²) in [5.41, 5.74) is 0. The highest BCUT2D eigenvalue weighted by Gasteiger charge is 2.19. The minimum absolute atomic E-state index is 0.262. The molecule has 7 heteroatoms. The molecule has 0 bridgehead atoms. The first-order chi connectivity index (χ1) is 7.42. The largest absolute Gasteiger partial charge is 0.480 e. The fraction of sp³-hybridized carbons (Fsp3) is 0.667. The average molecular weight is 231 g/mol. The Morgan fingerprint density at radius 3 is 2.31 bits per heavy atom. The molecule has 16 heavy (non-hydrogen) atoms. The molecule has 0 saturated carbocycles. The topological polar surface area (TPSA) is 98.7 Å². The van der Waals surface area contributed by atoms with E-state index in [0.29, 0.717) is 0 Å². The second-order valence-electron chi connectivity index (χ2n) is 3.19. The van der Waals surface area contributed by atoms with Crippen LogP contribution in [-0.2, 0) is 9.59 Å². The van der Waals surface area contributed by atoms with Crippen LogP contribution in [0, 0.1) is 0 Å². The number of nitrogens with zero attached hydrogens (tertiary/aromatic N) is 1. The van der Waals surface area contributed by atoms with Crippen molar-refractivity contribution in [1.29, 1.82) is 0 Å². The van der Waals surface area contributed by atoms with Gasteiger partial charge in [0.1, 0.15) is 12.6 Å². The van der Waals surface area contributed by atoms with Crippen molar-refractivity contribution in [2.75, 3.05) is 20.1 Å². The summed E-state index contributed by atoms with van der Waals surface area (Å²) >= 11 is 0. The number of likely N-dealkylation sites (N-methyl/N-ethyl adjacent to an activating group) is 2. The maximum Gasteiger partial charge on any atom is 0.323 e. The van der Waals surface area contributed by atoms with E-state index in [1.54, 1.807) is 6.92 Å². The van der Waals surface area contributed by atoms with Gasteiger partial charge in [-0.1, -0.05) is 0 Å². The number of carbonyl (C=O) groups excluding carboxylic acids is 2. The van der Waals surface area contributed by atoms with E-state index in [0.717, 1.165) is 4.90 Å². The molecule has 3 N–H and O–H groups in total. The predicted octanol–water partition coefficient (Wildman–Crippen LogP) is -0.763. The third-order valence-electron chi connectivity index (χ3n) is 1.97. The van der Waals surface area contributed by atoms with E-state index in [2.05, 4.69) is 10.6 Å². The quantitative estimate of drug-likeness (QED) is 0.579. The van der Waals surface area contributed by atoms with Crippen LogP contribution in [0.5, 0.6) is 0 Å². The van der Waals surface area contributed by atoms with Crippen molar-refractivity contribution in [3.8, 4) is 0 Å². The molecule has 1 atom stereocenters. The van der Waals surface area contributed by atoms with Gasteiger partial charge in [-0.05, 0) is 13.8 Å². The van der Waals surface area contributed by atoms with E-state index in [9.17, 15) is 14.4 Å². The molecule has 0 aromatic carbocycles. The summed E-state index contributed by atoms with van der Waals surface area (Å²) < 4.78 is 0. The van der Waals surface area contributed by atoms with Crippen LogP contribution in [0.4, 0.5) is 4.79 Å². The first-order valence-electron chi connectivity index (χ1n) is 4.91. The average Bonchev–Trinajstić information content (AvgIpc) is 2.23. The molecule has 7 nitrogen and oxygen atoms in total. The first kappa shape index (κ1) is 14.2. The number of carbonyl (C=O) groups is 3. The molecule has 1 unspecified atom stereocenters. The second-order valence-corrected chi connectivity index (χ2v) is 3.19. The number of hydrogen-bond donors (Lipinski definition) is 3. The minimum Gasteiger partial charge on any atom is -0.480 e. The van der Waals surface area contributed by atoms with Gasteiger partial charge in [-0.25, -0.2) is 4.79 Å². The molecule has 0 saturated heterocycles. The number of carboxylic acid groups (broad SMARTS) is 1. The van der Waals surface area contributed by atoms with Crippen LogP contribution in [0.3, 0.4) is 0 Å². The van der Waals surface area contributed by atoms with Gasteiger partial charge in [0, 0.05) is 13.6 Å². The van der Waals surface area contributed by atoms with Gasteiger partial charge in [-0.3, -0.25) is 9.59 Å². The van der Waals surface area contributed by atoms with Gasteiger partial charge in [-0.2, -0.15) is 0 Å². The third kappa shape index (κ3) is 4.63. The van der Waals surface area contributed by atoms with Crippen LogP contribution in [0.25, 0.3) is 0 Å². The molecule has 0 spiro atoms. The maximum absolute atomic E-state index is 11.5. The Balaban J connectivity index is 4.31. The van der Waals surface area contributed by atoms with Gasteiger partial charge >= 0.3 is 12.0 Å². The molecular formula is C9H17N3O4. The summed E-state index contributed by atoms with van der Waals surface area (Å²) in [6, 6.07) is -1.26. The molecule has 0 aliphatic carbocycles. The Hall–Kier alpha value is -1.79. The lowest BCUT2D eigenvalue weighted by atomic mass is 10.3. The highest BCUT2D eigenvalue weighted by atomic mass is 16.4. The molecule has 0 radical (unpaired) electrons. The molecule has 0 rings (SSSR count). The van der Waals surface area contributed by atoms with E-state index in [1.165, 1.54) is 14.0 Å². The number of urea groups is 1. The number of carboxylic acids is 1. The zero-order valence-corrected chi connectivity index (χ0v) is 9.61. The van der Waals surface area contributed by atoms with Gasteiger partial charge in [0.05, 0.1) is 0 Å². The molecule has 0 aromatic rings. The monoisotopic (exact) mass is 231 g/mol. The number of hydrogen-bond acceptors (Lipinski definition) is 3. The zero-order chi connectivity index (χ0) is 12.7. The molecule has 3 amide bonds. The predicted molar refractivity (Wildman–Crippen MR) is 56.9 cm³/mol. The Bertz CT molecular complexity index is 280. The van der Waals surface area contributed by atoms with E-state index in [-0.39, 0.29) is 19.0 Å². The lowest BCUT2D eigenvalue weighted by Crippen LogP contribution is -2.50. The van der Waals surface area contributed by atoms with E-state index in [1.807, 2.05) is 0 Å². The Morgan fingerprint density at radius 2 is 1.94 bits per heavy atom. The van der Waals surface area contributed by atoms with Gasteiger partial charge in [-0.15, -0.1) is 0 Å². The van der Waals surface area contributed by atoms with E-state index >= 15 is 0 Å². The fourth-order valence-corrected chi connectivity index (χ4v) is 1.05. The Kier molecular flexibility index (Phi) is 5.91. The zero-order valence-electron chi connectivity index (χ0n) is 9.61. The number of nitrogens with one attached hydrogen (secondary N) is 2. The summed E-state index contributed by atoms with van der Waals surface area (Å²) in [5.74, 6) is -1.43. The Morgan fingerprint density at radius 1 is 1.38 bits per heavy atom. The van der Waals surface area contributed by atoms with Gasteiger partial charge in [0.2, 0.25) is 5.91 Å². The van der Waals surface area contributed by atoms with E-state index < -0.39 is 18.0 Å². The van der Waals surface area contributed by atoms with Crippen LogP contribution in [0.1, 0.15) is 13.8 Å². The summed E-state index contributed by atoms with van der Waals surface area (Å²) in [7, 11) is 1.46. The molecular weight excluding hydrogens is 214 g/mol. The van der Waals surface area contributed by atoms with Gasteiger partial charge in [0.25, 0.3) is 0 Å².